The molecule has 0 aliphatic carbocycles. The molecule has 16 heavy (non-hydrogen) atoms. The van der Waals surface area contributed by atoms with Crippen molar-refractivity contribution in [2.75, 3.05) is 0 Å². The summed E-state index contributed by atoms with van der Waals surface area (Å²) in [5.74, 6) is -0.354. The number of Topliss-reactive ketones (excluding diaryl/α,β-unsaturated/α-hetero) is 1. The highest BCUT2D eigenvalue weighted by Gasteiger charge is 2.49. The molecular weight excluding hydrogens is 212 g/mol. The third-order valence-corrected chi connectivity index (χ3v) is 2.87. The second-order valence-corrected chi connectivity index (χ2v) is 5.43. The highest BCUT2D eigenvalue weighted by atomic mass is 16.5. The van der Waals surface area contributed by atoms with Gasteiger partial charge in [-0.2, -0.15) is 0 Å². The monoisotopic (exact) mass is 232 g/mol. The van der Waals surface area contributed by atoms with E-state index in [9.17, 15) is 20.1 Å². The van der Waals surface area contributed by atoms with Crippen molar-refractivity contribution in [3.8, 4) is 0 Å². The Kier molecular flexibility index (Phi) is 3.74. The second-order valence-electron chi connectivity index (χ2n) is 5.43. The summed E-state index contributed by atoms with van der Waals surface area (Å²) in [7, 11) is 0. The number of aliphatic hydroxyl groups is 3. The smallest absolute Gasteiger partial charge is 0.161 e. The summed E-state index contributed by atoms with van der Waals surface area (Å²) in [6.45, 7) is 6.80. The average molecular weight is 232 g/mol. The summed E-state index contributed by atoms with van der Waals surface area (Å²) in [5, 5.41) is 29.1. The van der Waals surface area contributed by atoms with Crippen LogP contribution in [0.5, 0.6) is 0 Å². The van der Waals surface area contributed by atoms with E-state index in [1.807, 2.05) is 20.8 Å². The van der Waals surface area contributed by atoms with Crippen molar-refractivity contribution < 1.29 is 24.9 Å². The van der Waals surface area contributed by atoms with Crippen molar-refractivity contribution in [1.82, 2.24) is 0 Å². The summed E-state index contributed by atoms with van der Waals surface area (Å²) in [6.07, 6.45) is -5.66. The number of hydrogen-bond donors (Lipinski definition) is 3. The molecule has 0 aromatic heterocycles. The molecule has 1 aliphatic rings. The normalized spacial score (nSPS) is 40.8. The fourth-order valence-electron chi connectivity index (χ4n) is 1.93. The second kappa shape index (κ2) is 4.41. The Hall–Kier alpha value is -0.490. The third kappa shape index (κ3) is 2.43. The molecule has 0 bridgehead atoms. The van der Waals surface area contributed by atoms with E-state index in [1.54, 1.807) is 0 Å². The Morgan fingerprint density at radius 3 is 1.94 bits per heavy atom. The van der Waals surface area contributed by atoms with Crippen molar-refractivity contribution in [2.24, 2.45) is 5.41 Å². The summed E-state index contributed by atoms with van der Waals surface area (Å²) in [6, 6.07) is 0. The van der Waals surface area contributed by atoms with Crippen LogP contribution >= 0.6 is 0 Å². The molecule has 0 aromatic carbocycles. The molecule has 0 aromatic rings. The van der Waals surface area contributed by atoms with Crippen molar-refractivity contribution in [1.29, 1.82) is 0 Å². The van der Waals surface area contributed by atoms with Crippen LogP contribution in [0.25, 0.3) is 0 Å². The fraction of sp³-hybridized carbons (Fsp3) is 0.909. The third-order valence-electron chi connectivity index (χ3n) is 2.87. The SMILES string of the molecule is CC(=O)C1OC(C(C)(C)C)C(O)[C@@H](O)[C@H]1O. The molecular formula is C11H20O5. The van der Waals surface area contributed by atoms with Gasteiger partial charge in [-0.3, -0.25) is 4.79 Å². The van der Waals surface area contributed by atoms with Gasteiger partial charge in [0.15, 0.2) is 5.78 Å². The number of ketones is 1. The lowest BCUT2D eigenvalue weighted by atomic mass is 9.80. The maximum absolute atomic E-state index is 11.3. The van der Waals surface area contributed by atoms with Gasteiger partial charge in [0, 0.05) is 0 Å². The summed E-state index contributed by atoms with van der Waals surface area (Å²) >= 11 is 0. The van der Waals surface area contributed by atoms with Crippen LogP contribution in [0, 0.1) is 5.41 Å². The minimum absolute atomic E-state index is 0.354. The van der Waals surface area contributed by atoms with E-state index in [0.29, 0.717) is 0 Å². The first-order chi connectivity index (χ1) is 7.16. The van der Waals surface area contributed by atoms with E-state index in [-0.39, 0.29) is 5.78 Å². The van der Waals surface area contributed by atoms with Gasteiger partial charge in [-0.25, -0.2) is 0 Å². The van der Waals surface area contributed by atoms with Crippen molar-refractivity contribution in [2.45, 2.75) is 58.2 Å². The lowest BCUT2D eigenvalue weighted by molar-refractivity contribution is -0.239. The molecule has 94 valence electrons. The highest BCUT2D eigenvalue weighted by molar-refractivity contribution is 5.81. The molecule has 1 rings (SSSR count). The van der Waals surface area contributed by atoms with Gasteiger partial charge in [0.1, 0.15) is 24.4 Å². The molecule has 1 saturated heterocycles. The largest absolute Gasteiger partial charge is 0.388 e. The Balaban J connectivity index is 2.94. The molecule has 0 amide bonds. The predicted molar refractivity (Wildman–Crippen MR) is 56.8 cm³/mol. The fourth-order valence-corrected chi connectivity index (χ4v) is 1.93. The molecule has 0 radical (unpaired) electrons. The molecule has 3 unspecified atom stereocenters. The first-order valence-electron chi connectivity index (χ1n) is 5.36. The van der Waals surface area contributed by atoms with Crippen LogP contribution in [-0.2, 0) is 9.53 Å². The molecule has 1 heterocycles. The lowest BCUT2D eigenvalue weighted by Crippen LogP contribution is -2.62. The maximum Gasteiger partial charge on any atom is 0.161 e. The van der Waals surface area contributed by atoms with Gasteiger partial charge in [0.05, 0.1) is 6.10 Å². The van der Waals surface area contributed by atoms with Gasteiger partial charge in [0.2, 0.25) is 0 Å². The van der Waals surface area contributed by atoms with Crippen LogP contribution in [0.4, 0.5) is 0 Å². The Bertz CT molecular complexity index is 270. The Labute approximate surface area is 95.0 Å². The predicted octanol–water partition coefficient (Wildman–Crippen LogP) is -0.528. The molecule has 1 aliphatic heterocycles. The summed E-state index contributed by atoms with van der Waals surface area (Å²) < 4.78 is 5.40. The van der Waals surface area contributed by atoms with E-state index in [0.717, 1.165) is 0 Å². The van der Waals surface area contributed by atoms with E-state index in [2.05, 4.69) is 0 Å². The minimum Gasteiger partial charge on any atom is -0.388 e. The standard InChI is InChI=1S/C11H20O5/c1-5(12)9-7(14)6(13)8(15)10(16-9)11(2,3)4/h6-10,13-15H,1-4H3/t6-,7+,8?,9?,10?/m0/s1. The van der Waals surface area contributed by atoms with Crippen LogP contribution in [0.3, 0.4) is 0 Å². The van der Waals surface area contributed by atoms with E-state index < -0.39 is 35.9 Å². The van der Waals surface area contributed by atoms with Crippen molar-refractivity contribution >= 4 is 5.78 Å². The number of aliphatic hydroxyl groups excluding tert-OH is 3. The summed E-state index contributed by atoms with van der Waals surface area (Å²) in [4.78, 5) is 11.3. The van der Waals surface area contributed by atoms with Crippen LogP contribution in [0.1, 0.15) is 27.7 Å². The zero-order valence-corrected chi connectivity index (χ0v) is 10.0. The highest BCUT2D eigenvalue weighted by Crippen LogP contribution is 2.33. The minimum atomic E-state index is -1.37. The quantitative estimate of drug-likeness (QED) is 0.566. The van der Waals surface area contributed by atoms with Gasteiger partial charge < -0.3 is 20.1 Å². The Morgan fingerprint density at radius 1 is 1.06 bits per heavy atom. The van der Waals surface area contributed by atoms with Crippen molar-refractivity contribution in [3.63, 3.8) is 0 Å². The number of carbonyl (C=O) groups is 1. The molecule has 5 heteroatoms. The Morgan fingerprint density at radius 2 is 1.56 bits per heavy atom. The first kappa shape index (κ1) is 13.6. The number of carbonyl (C=O) groups excluding carboxylic acids is 1. The number of hydrogen-bond acceptors (Lipinski definition) is 5. The van der Waals surface area contributed by atoms with Crippen LogP contribution in [0.2, 0.25) is 0 Å². The van der Waals surface area contributed by atoms with Crippen molar-refractivity contribution in [3.05, 3.63) is 0 Å². The van der Waals surface area contributed by atoms with Crippen LogP contribution < -0.4 is 0 Å². The van der Waals surface area contributed by atoms with Gasteiger partial charge in [-0.15, -0.1) is 0 Å². The van der Waals surface area contributed by atoms with E-state index in [4.69, 9.17) is 4.74 Å². The van der Waals surface area contributed by atoms with Crippen LogP contribution in [-0.4, -0.2) is 51.6 Å². The number of rotatable bonds is 1. The lowest BCUT2D eigenvalue weighted by Gasteiger charge is -2.45. The van der Waals surface area contributed by atoms with Gasteiger partial charge in [0.25, 0.3) is 0 Å². The molecule has 5 nitrogen and oxygen atoms in total. The zero-order chi connectivity index (χ0) is 12.7. The summed E-state index contributed by atoms with van der Waals surface area (Å²) in [5.41, 5.74) is -0.422. The van der Waals surface area contributed by atoms with Gasteiger partial charge in [-0.1, -0.05) is 20.8 Å². The van der Waals surface area contributed by atoms with E-state index >= 15 is 0 Å². The van der Waals surface area contributed by atoms with Crippen LogP contribution in [0.15, 0.2) is 0 Å². The zero-order valence-electron chi connectivity index (χ0n) is 10.0. The molecule has 0 spiro atoms. The average Bonchev–Trinajstić information content (AvgIpc) is 2.11. The topological polar surface area (TPSA) is 87.0 Å². The molecule has 0 saturated carbocycles. The van der Waals surface area contributed by atoms with E-state index in [1.165, 1.54) is 6.92 Å². The maximum atomic E-state index is 11.3. The molecule has 1 fully saturated rings. The van der Waals surface area contributed by atoms with Gasteiger partial charge >= 0.3 is 0 Å². The van der Waals surface area contributed by atoms with Gasteiger partial charge in [-0.05, 0) is 12.3 Å². The molecule has 3 N–H and O–H groups in total. The number of ether oxygens (including phenoxy) is 1. The first-order valence-corrected chi connectivity index (χ1v) is 5.36. The molecule has 5 atom stereocenters.